The molecule has 8 heteroatoms. The topological polar surface area (TPSA) is 94.0 Å². The fourth-order valence-corrected chi connectivity index (χ4v) is 4.34. The van der Waals surface area contributed by atoms with E-state index in [1.54, 1.807) is 4.31 Å². The zero-order chi connectivity index (χ0) is 19.6. The molecular weight excluding hydrogens is 352 g/mol. The summed E-state index contributed by atoms with van der Waals surface area (Å²) in [7, 11) is -3.08. The van der Waals surface area contributed by atoms with Gasteiger partial charge in [0.05, 0.1) is 18.4 Å². The van der Waals surface area contributed by atoms with Gasteiger partial charge in [-0.05, 0) is 38.5 Å². The summed E-state index contributed by atoms with van der Waals surface area (Å²) >= 11 is 0. The van der Waals surface area contributed by atoms with E-state index in [0.717, 1.165) is 57.6 Å². The van der Waals surface area contributed by atoms with Crippen molar-refractivity contribution in [2.24, 2.45) is 10.9 Å². The second-order valence-electron chi connectivity index (χ2n) is 7.41. The van der Waals surface area contributed by atoms with Crippen LogP contribution in [-0.4, -0.2) is 68.4 Å². The van der Waals surface area contributed by atoms with Gasteiger partial charge in [-0.15, -0.1) is 0 Å². The molecule has 0 aliphatic carbocycles. The molecule has 1 aliphatic rings. The van der Waals surface area contributed by atoms with E-state index in [1.165, 1.54) is 6.26 Å². The lowest BCUT2D eigenvalue weighted by atomic mass is 9.93. The lowest BCUT2D eigenvalue weighted by Gasteiger charge is -2.30. The highest BCUT2D eigenvalue weighted by Crippen LogP contribution is 2.20. The predicted octanol–water partition coefficient (Wildman–Crippen LogP) is 1.54. The number of sulfonamides is 1. The van der Waals surface area contributed by atoms with Crippen molar-refractivity contribution >= 4 is 16.0 Å². The van der Waals surface area contributed by atoms with Gasteiger partial charge in [0.25, 0.3) is 0 Å². The van der Waals surface area contributed by atoms with Crippen LogP contribution in [0.1, 0.15) is 59.3 Å². The van der Waals surface area contributed by atoms with E-state index in [-0.39, 0.29) is 0 Å². The molecule has 1 aliphatic heterocycles. The van der Waals surface area contributed by atoms with Gasteiger partial charge in [0, 0.05) is 26.2 Å². The van der Waals surface area contributed by atoms with Crippen molar-refractivity contribution in [2.45, 2.75) is 64.9 Å². The molecule has 0 spiro atoms. The van der Waals surface area contributed by atoms with Crippen molar-refractivity contribution in [2.75, 3.05) is 39.0 Å². The van der Waals surface area contributed by atoms with Crippen LogP contribution in [0, 0.1) is 5.92 Å². The highest BCUT2D eigenvalue weighted by Gasteiger charge is 2.26. The minimum absolute atomic E-state index is 0.399. The molecule has 0 amide bonds. The first-order chi connectivity index (χ1) is 12.2. The molecule has 0 atom stereocenters. The zero-order valence-corrected chi connectivity index (χ0v) is 17.7. The number of aliphatic imine (C=N–C) groups is 1. The lowest BCUT2D eigenvalue weighted by molar-refractivity contribution is 0.0306. The smallest absolute Gasteiger partial charge is 0.211 e. The zero-order valence-electron chi connectivity index (χ0n) is 16.9. The summed E-state index contributed by atoms with van der Waals surface area (Å²) in [5, 5.41) is 17.3. The Bertz CT molecular complexity index is 523. The van der Waals surface area contributed by atoms with E-state index in [4.69, 9.17) is 0 Å². The van der Waals surface area contributed by atoms with Gasteiger partial charge in [-0.2, -0.15) is 0 Å². The summed E-state index contributed by atoms with van der Waals surface area (Å²) in [4.78, 5) is 4.60. The van der Waals surface area contributed by atoms with Gasteiger partial charge < -0.3 is 15.7 Å². The maximum absolute atomic E-state index is 11.6. The van der Waals surface area contributed by atoms with Gasteiger partial charge >= 0.3 is 0 Å². The summed E-state index contributed by atoms with van der Waals surface area (Å²) < 4.78 is 24.7. The molecule has 0 radical (unpaired) electrons. The number of nitrogens with one attached hydrogen (secondary N) is 2. The van der Waals surface area contributed by atoms with Crippen molar-refractivity contribution < 1.29 is 13.5 Å². The Labute approximate surface area is 159 Å². The monoisotopic (exact) mass is 390 g/mol. The molecule has 0 saturated carbocycles. The molecule has 0 bridgehead atoms. The Hall–Kier alpha value is -0.860. The number of hydrogen-bond acceptors (Lipinski definition) is 4. The van der Waals surface area contributed by atoms with E-state index in [0.29, 0.717) is 25.6 Å². The van der Waals surface area contributed by atoms with Gasteiger partial charge in [0.2, 0.25) is 10.0 Å². The SMILES string of the molecule is CCCC(O)(CCC)CN=C(NCC)NCC1CCN(S(C)(=O)=O)CC1. The number of guanidine groups is 1. The molecule has 1 heterocycles. The third-order valence-corrected chi connectivity index (χ3v) is 6.21. The van der Waals surface area contributed by atoms with E-state index < -0.39 is 15.6 Å². The molecule has 0 unspecified atom stereocenters. The fraction of sp³-hybridized carbons (Fsp3) is 0.944. The van der Waals surface area contributed by atoms with Crippen LogP contribution in [0.4, 0.5) is 0 Å². The van der Waals surface area contributed by atoms with Crippen molar-refractivity contribution in [1.29, 1.82) is 0 Å². The van der Waals surface area contributed by atoms with Gasteiger partial charge in [-0.1, -0.05) is 26.7 Å². The van der Waals surface area contributed by atoms with Gasteiger partial charge in [-0.25, -0.2) is 12.7 Å². The molecule has 26 heavy (non-hydrogen) atoms. The molecular formula is C18H38N4O3S. The molecule has 1 rings (SSSR count). The third-order valence-electron chi connectivity index (χ3n) is 4.91. The third kappa shape index (κ3) is 8.22. The van der Waals surface area contributed by atoms with Crippen LogP contribution in [0.3, 0.4) is 0 Å². The van der Waals surface area contributed by atoms with E-state index in [2.05, 4.69) is 29.5 Å². The van der Waals surface area contributed by atoms with Crippen LogP contribution < -0.4 is 10.6 Å². The highest BCUT2D eigenvalue weighted by atomic mass is 32.2. The summed E-state index contributed by atoms with van der Waals surface area (Å²) in [6, 6.07) is 0. The Balaban J connectivity index is 2.55. The van der Waals surface area contributed by atoms with Crippen molar-refractivity contribution in [1.82, 2.24) is 14.9 Å². The summed E-state index contributed by atoms with van der Waals surface area (Å²) in [6.07, 6.45) is 6.38. The number of hydrogen-bond donors (Lipinski definition) is 3. The second kappa shape index (κ2) is 11.1. The van der Waals surface area contributed by atoms with Crippen LogP contribution in [0.5, 0.6) is 0 Å². The second-order valence-corrected chi connectivity index (χ2v) is 9.39. The molecule has 0 aromatic heterocycles. The first-order valence-electron chi connectivity index (χ1n) is 9.93. The van der Waals surface area contributed by atoms with Crippen LogP contribution in [0.25, 0.3) is 0 Å². The largest absolute Gasteiger partial charge is 0.388 e. The van der Waals surface area contributed by atoms with E-state index in [9.17, 15) is 13.5 Å². The van der Waals surface area contributed by atoms with E-state index in [1.807, 2.05) is 6.92 Å². The minimum atomic E-state index is -3.08. The summed E-state index contributed by atoms with van der Waals surface area (Å²) in [5.41, 5.74) is -0.729. The van der Waals surface area contributed by atoms with Crippen molar-refractivity contribution in [3.63, 3.8) is 0 Å². The molecule has 0 aromatic rings. The predicted molar refractivity (Wildman–Crippen MR) is 108 cm³/mol. The standard InChI is InChI=1S/C18H38N4O3S/c1-5-10-18(23,11-6-2)15-21-17(19-7-3)20-14-16-8-12-22(13-9-16)26(4,24)25/h16,23H,5-15H2,1-4H3,(H2,19,20,21). The van der Waals surface area contributed by atoms with E-state index >= 15 is 0 Å². The van der Waals surface area contributed by atoms with Gasteiger partial charge in [-0.3, -0.25) is 4.99 Å². The highest BCUT2D eigenvalue weighted by molar-refractivity contribution is 7.88. The van der Waals surface area contributed by atoms with Crippen LogP contribution in [0.15, 0.2) is 4.99 Å². The average Bonchev–Trinajstić information content (AvgIpc) is 2.57. The average molecular weight is 391 g/mol. The van der Waals surface area contributed by atoms with Crippen LogP contribution >= 0.6 is 0 Å². The number of rotatable bonds is 10. The maximum Gasteiger partial charge on any atom is 0.211 e. The van der Waals surface area contributed by atoms with Crippen LogP contribution in [-0.2, 0) is 10.0 Å². The summed E-state index contributed by atoms with van der Waals surface area (Å²) in [5.74, 6) is 1.16. The first kappa shape index (κ1) is 23.2. The molecule has 0 aromatic carbocycles. The number of aliphatic hydroxyl groups is 1. The quantitative estimate of drug-likeness (QED) is 0.389. The Kier molecular flexibility index (Phi) is 9.89. The minimum Gasteiger partial charge on any atom is -0.388 e. The Morgan fingerprint density at radius 3 is 2.19 bits per heavy atom. The normalized spacial score (nSPS) is 18.1. The Morgan fingerprint density at radius 1 is 1.15 bits per heavy atom. The number of piperidine rings is 1. The summed E-state index contributed by atoms with van der Waals surface area (Å²) in [6.45, 7) is 9.29. The first-order valence-corrected chi connectivity index (χ1v) is 11.8. The van der Waals surface area contributed by atoms with Crippen LogP contribution in [0.2, 0.25) is 0 Å². The van der Waals surface area contributed by atoms with Gasteiger partial charge in [0.1, 0.15) is 0 Å². The maximum atomic E-state index is 11.6. The molecule has 3 N–H and O–H groups in total. The van der Waals surface area contributed by atoms with Crippen molar-refractivity contribution in [3.8, 4) is 0 Å². The fourth-order valence-electron chi connectivity index (χ4n) is 3.47. The van der Waals surface area contributed by atoms with Crippen molar-refractivity contribution in [3.05, 3.63) is 0 Å². The Morgan fingerprint density at radius 2 is 1.73 bits per heavy atom. The van der Waals surface area contributed by atoms with Gasteiger partial charge in [0.15, 0.2) is 5.96 Å². The number of nitrogens with zero attached hydrogens (tertiary/aromatic N) is 2. The molecule has 154 valence electrons. The molecule has 1 fully saturated rings. The molecule has 7 nitrogen and oxygen atoms in total. The molecule has 1 saturated heterocycles. The lowest BCUT2D eigenvalue weighted by Crippen LogP contribution is -2.44.